The van der Waals surface area contributed by atoms with Gasteiger partial charge in [-0.25, -0.2) is 0 Å². The van der Waals surface area contributed by atoms with Gasteiger partial charge in [0, 0.05) is 5.56 Å². The molecule has 23 heavy (non-hydrogen) atoms. The minimum Gasteiger partial charge on any atom is -0.126 e. The Labute approximate surface area is 146 Å². The molecule has 0 radical (unpaired) electrons. The third kappa shape index (κ3) is 11.2. The average molecular weight is 329 g/mol. The van der Waals surface area contributed by atoms with Crippen LogP contribution in [-0.4, -0.2) is 8.07 Å². The van der Waals surface area contributed by atoms with E-state index in [1.54, 1.807) is 0 Å². The zero-order valence-electron chi connectivity index (χ0n) is 15.7. The van der Waals surface area contributed by atoms with Crippen LogP contribution in [0.2, 0.25) is 19.1 Å². The quantitative estimate of drug-likeness (QED) is 0.229. The van der Waals surface area contributed by atoms with Gasteiger partial charge in [0.2, 0.25) is 0 Å². The molecule has 0 N–H and O–H groups in total. The highest BCUT2D eigenvalue weighted by Crippen LogP contribution is 2.16. The normalized spacial score (nSPS) is 11.1. The molecule has 0 aliphatic carbocycles. The Morgan fingerprint density at radius 1 is 0.739 bits per heavy atom. The van der Waals surface area contributed by atoms with Crippen LogP contribution in [-0.2, 0) is 0 Å². The van der Waals surface area contributed by atoms with Crippen LogP contribution in [0.25, 0.3) is 0 Å². The van der Waals surface area contributed by atoms with Crippen molar-refractivity contribution in [2.45, 2.75) is 90.3 Å². The van der Waals surface area contributed by atoms with E-state index in [0.717, 1.165) is 5.56 Å². The van der Waals surface area contributed by atoms with Crippen molar-refractivity contribution in [3.63, 3.8) is 0 Å². The molecule has 0 heterocycles. The Hall–Kier alpha value is -1.00. The first kappa shape index (κ1) is 20.0. The van der Waals surface area contributed by atoms with Crippen molar-refractivity contribution in [3.8, 4) is 11.5 Å². The van der Waals surface area contributed by atoms with Gasteiger partial charge in [0.1, 0.15) is 8.07 Å². The smallest absolute Gasteiger partial charge is 0.126 e. The molecule has 0 saturated heterocycles. The molecular weight excluding hydrogens is 292 g/mol. The first-order valence-corrected chi connectivity index (χ1v) is 12.9. The highest BCUT2D eigenvalue weighted by atomic mass is 28.3. The number of hydrogen-bond acceptors (Lipinski definition) is 0. The number of rotatable bonds is 11. The van der Waals surface area contributed by atoms with Crippen LogP contribution in [0.4, 0.5) is 0 Å². The van der Waals surface area contributed by atoms with Gasteiger partial charge in [0.25, 0.3) is 0 Å². The fourth-order valence-corrected chi connectivity index (χ4v) is 4.62. The molecule has 0 amide bonds. The van der Waals surface area contributed by atoms with Crippen LogP contribution in [0.15, 0.2) is 30.3 Å². The fraction of sp³-hybridized carbons (Fsp3) is 0.636. The van der Waals surface area contributed by atoms with Crippen molar-refractivity contribution < 1.29 is 0 Å². The van der Waals surface area contributed by atoms with Gasteiger partial charge in [-0.1, -0.05) is 108 Å². The maximum atomic E-state index is 3.59. The number of hydrogen-bond donors (Lipinski definition) is 0. The molecule has 0 nitrogen and oxygen atoms in total. The van der Waals surface area contributed by atoms with Gasteiger partial charge in [0.15, 0.2) is 0 Å². The second-order valence-corrected chi connectivity index (χ2v) is 11.9. The van der Waals surface area contributed by atoms with Crippen molar-refractivity contribution in [1.82, 2.24) is 0 Å². The highest BCUT2D eigenvalue weighted by molar-refractivity contribution is 6.85. The zero-order chi connectivity index (χ0) is 16.8. The highest BCUT2D eigenvalue weighted by Gasteiger charge is 2.16. The van der Waals surface area contributed by atoms with E-state index in [9.17, 15) is 0 Å². The topological polar surface area (TPSA) is 0 Å². The third-order valence-electron chi connectivity index (χ3n) is 4.47. The Morgan fingerprint density at radius 2 is 1.26 bits per heavy atom. The number of benzene rings is 1. The molecular formula is C22H36Si. The Balaban J connectivity index is 2.07. The minimum atomic E-state index is -1.34. The van der Waals surface area contributed by atoms with E-state index in [-0.39, 0.29) is 0 Å². The van der Waals surface area contributed by atoms with E-state index in [4.69, 9.17) is 0 Å². The molecule has 0 spiro atoms. The summed E-state index contributed by atoms with van der Waals surface area (Å²) in [6, 6.07) is 11.8. The molecule has 0 aliphatic rings. The number of unbranched alkanes of at least 4 members (excludes halogenated alkanes) is 9. The summed E-state index contributed by atoms with van der Waals surface area (Å²) in [6.45, 7) is 7.11. The summed E-state index contributed by atoms with van der Waals surface area (Å²) in [5, 5.41) is 0. The molecule has 128 valence electrons. The average Bonchev–Trinajstić information content (AvgIpc) is 2.56. The van der Waals surface area contributed by atoms with Crippen LogP contribution in [0.5, 0.6) is 0 Å². The Bertz CT molecular complexity index is 450. The van der Waals surface area contributed by atoms with Gasteiger partial charge in [-0.2, -0.15) is 0 Å². The van der Waals surface area contributed by atoms with Gasteiger partial charge in [-0.05, 0) is 18.2 Å². The minimum absolute atomic E-state index is 1.16. The molecule has 0 saturated carbocycles. The van der Waals surface area contributed by atoms with Gasteiger partial charge >= 0.3 is 0 Å². The Kier molecular flexibility index (Phi) is 10.8. The standard InChI is InChI=1S/C22H36Si/c1-4-5-6-7-8-9-10-11-12-16-20-23(2,3)21-19-22-17-14-13-15-18-22/h13-15,17-18H,4-12,16,20H2,1-3H3. The van der Waals surface area contributed by atoms with Crippen LogP contribution in [0, 0.1) is 11.5 Å². The van der Waals surface area contributed by atoms with E-state index in [0.29, 0.717) is 0 Å². The molecule has 1 rings (SSSR count). The molecule has 1 heteroatoms. The molecule has 1 aromatic carbocycles. The molecule has 0 fully saturated rings. The summed E-state index contributed by atoms with van der Waals surface area (Å²) >= 11 is 0. The summed E-state index contributed by atoms with van der Waals surface area (Å²) in [6.07, 6.45) is 14.2. The lowest BCUT2D eigenvalue weighted by atomic mass is 10.1. The van der Waals surface area contributed by atoms with Crippen molar-refractivity contribution >= 4 is 8.07 Å². The SMILES string of the molecule is CCCCCCCCCCCC[Si](C)(C)C#Cc1ccccc1. The fourth-order valence-electron chi connectivity index (χ4n) is 2.88. The summed E-state index contributed by atoms with van der Waals surface area (Å²) in [7, 11) is -1.34. The second-order valence-electron chi connectivity index (χ2n) is 7.43. The molecule has 0 atom stereocenters. The lowest BCUT2D eigenvalue weighted by Gasteiger charge is -2.14. The summed E-state index contributed by atoms with van der Waals surface area (Å²) < 4.78 is 0. The molecule has 0 unspecified atom stereocenters. The van der Waals surface area contributed by atoms with Gasteiger partial charge in [-0.3, -0.25) is 0 Å². The summed E-state index contributed by atoms with van der Waals surface area (Å²) in [5.74, 6) is 3.38. The van der Waals surface area contributed by atoms with Crippen molar-refractivity contribution in [3.05, 3.63) is 35.9 Å². The van der Waals surface area contributed by atoms with E-state index in [2.05, 4.69) is 61.8 Å². The largest absolute Gasteiger partial charge is 0.132 e. The first-order valence-electron chi connectivity index (χ1n) is 9.72. The van der Waals surface area contributed by atoms with Crippen molar-refractivity contribution in [2.75, 3.05) is 0 Å². The van der Waals surface area contributed by atoms with Crippen LogP contribution in [0.1, 0.15) is 76.7 Å². The van der Waals surface area contributed by atoms with Gasteiger partial charge in [-0.15, -0.1) is 5.54 Å². The van der Waals surface area contributed by atoms with Crippen molar-refractivity contribution in [1.29, 1.82) is 0 Å². The third-order valence-corrected chi connectivity index (χ3v) is 6.88. The lowest BCUT2D eigenvalue weighted by Crippen LogP contribution is -2.22. The van der Waals surface area contributed by atoms with Gasteiger partial charge in [0.05, 0.1) is 0 Å². The zero-order valence-corrected chi connectivity index (χ0v) is 16.7. The predicted octanol–water partition coefficient (Wildman–Crippen LogP) is 7.21. The molecule has 1 aromatic rings. The first-order chi connectivity index (χ1) is 11.1. The van der Waals surface area contributed by atoms with Crippen LogP contribution < -0.4 is 0 Å². The van der Waals surface area contributed by atoms with E-state index in [1.165, 1.54) is 70.3 Å². The molecule has 0 aliphatic heterocycles. The summed E-state index contributed by atoms with van der Waals surface area (Å²) in [4.78, 5) is 0. The molecule has 0 bridgehead atoms. The maximum absolute atomic E-state index is 3.59. The molecule has 0 aromatic heterocycles. The van der Waals surface area contributed by atoms with Crippen LogP contribution in [0.3, 0.4) is 0 Å². The predicted molar refractivity (Wildman–Crippen MR) is 107 cm³/mol. The van der Waals surface area contributed by atoms with E-state index in [1.807, 2.05) is 0 Å². The van der Waals surface area contributed by atoms with Gasteiger partial charge < -0.3 is 0 Å². The summed E-state index contributed by atoms with van der Waals surface area (Å²) in [5.41, 5.74) is 4.76. The monoisotopic (exact) mass is 328 g/mol. The van der Waals surface area contributed by atoms with E-state index >= 15 is 0 Å². The Morgan fingerprint density at radius 3 is 1.83 bits per heavy atom. The maximum Gasteiger partial charge on any atom is 0.132 e. The van der Waals surface area contributed by atoms with E-state index < -0.39 is 8.07 Å². The van der Waals surface area contributed by atoms with Crippen LogP contribution >= 0.6 is 0 Å². The van der Waals surface area contributed by atoms with Crippen molar-refractivity contribution in [2.24, 2.45) is 0 Å². The second kappa shape index (κ2) is 12.4. The lowest BCUT2D eigenvalue weighted by molar-refractivity contribution is 0.561.